The first-order valence-corrected chi connectivity index (χ1v) is 4.69. The van der Waals surface area contributed by atoms with Crippen molar-refractivity contribution >= 4 is 20.9 Å². The van der Waals surface area contributed by atoms with Crippen molar-refractivity contribution in [1.82, 2.24) is 0 Å². The minimum atomic E-state index is -1.84. The number of hydrogen-bond acceptors (Lipinski definition) is 0. The van der Waals surface area contributed by atoms with Crippen molar-refractivity contribution < 1.29 is 0 Å². The summed E-state index contributed by atoms with van der Waals surface area (Å²) in [7, 11) is 0. The van der Waals surface area contributed by atoms with Crippen LogP contribution in [0.5, 0.6) is 0 Å². The molecule has 27 valence electrons. The molecule has 0 aliphatic rings. The predicted molar refractivity (Wildman–Crippen MR) is 27.5 cm³/mol. The van der Waals surface area contributed by atoms with Gasteiger partial charge in [0.1, 0.15) is 0 Å². The van der Waals surface area contributed by atoms with Crippen LogP contribution in [0.3, 0.4) is 0 Å². The molecular weight excluding hydrogens is 167 g/mol. The van der Waals surface area contributed by atoms with E-state index in [-0.39, 0.29) is 0 Å². The Kier molecular flexibility index (Phi) is 2.97. The Labute approximate surface area is 43.3 Å². The molecule has 0 spiro atoms. The molecule has 1 radical (unpaired) electrons. The van der Waals surface area contributed by atoms with Crippen molar-refractivity contribution in [1.29, 1.82) is 0.598 Å². The molecular formula is C4H7Sn. The Bertz CT molecular complexity index is 52.6. The van der Waals surface area contributed by atoms with E-state index in [0.29, 0.717) is 0 Å². The molecule has 0 fully saturated rings. The van der Waals surface area contributed by atoms with E-state index in [1.807, 2.05) is 0 Å². The summed E-state index contributed by atoms with van der Waals surface area (Å²) in [5.41, 5.74) is 0. The van der Waals surface area contributed by atoms with Crippen LogP contribution in [0.1, 0.15) is 0 Å². The summed E-state index contributed by atoms with van der Waals surface area (Å²) in [5, 5.41) is 0. The molecule has 0 saturated carbocycles. The maximum atomic E-state index is 7.03. The van der Waals surface area contributed by atoms with Gasteiger partial charge in [-0.1, -0.05) is 0 Å². The summed E-state index contributed by atoms with van der Waals surface area (Å²) in [6, 6.07) is 0. The van der Waals surface area contributed by atoms with Gasteiger partial charge >= 0.3 is 42.9 Å². The van der Waals surface area contributed by atoms with Crippen LogP contribution >= 0.6 is 0 Å². The summed E-state index contributed by atoms with van der Waals surface area (Å²) in [4.78, 5) is 0. The topological polar surface area (TPSA) is 0 Å². The van der Waals surface area contributed by atoms with Gasteiger partial charge in [-0.05, 0) is 0 Å². The van der Waals surface area contributed by atoms with Crippen LogP contribution < -0.4 is 0 Å². The molecule has 0 aromatic heterocycles. The van der Waals surface area contributed by atoms with E-state index in [2.05, 4.69) is 13.2 Å². The molecule has 0 nitrogen and oxygen atoms in total. The van der Waals surface area contributed by atoms with Gasteiger partial charge in [0.05, 0.1) is 0 Å². The fraction of sp³-hybridized carbons (Fsp3) is 0. The summed E-state index contributed by atoms with van der Waals surface area (Å²) >= 11 is -1.84. The first-order chi connectivity index (χ1) is 2.81. The summed E-state index contributed by atoms with van der Waals surface area (Å²) < 4.78 is 10.5. The monoisotopic (exact) mass is 176 g/mol. The third-order valence-corrected chi connectivity index (χ3v) is 1.58. The molecule has 0 aliphatic carbocycles. The van der Waals surface area contributed by atoms with E-state index in [4.69, 9.17) is 0.598 Å². The van der Waals surface area contributed by atoms with Gasteiger partial charge in [0.25, 0.3) is 0 Å². The summed E-state index contributed by atoms with van der Waals surface area (Å²) in [6.07, 6.45) is 0. The first kappa shape index (κ1) is 3.47. The minimum absolute atomic E-state index is 1.72. The van der Waals surface area contributed by atoms with E-state index < -0.39 is 20.9 Å². The Balaban J connectivity index is 3.21. The second-order valence-electron chi connectivity index (χ2n) is 0.575. The average Bonchev–Trinajstić information content (AvgIpc) is 1.65. The normalized spacial score (nSPS) is 10.2. The Morgan fingerprint density at radius 3 is 2.00 bits per heavy atom. The van der Waals surface area contributed by atoms with Gasteiger partial charge in [-0.3, -0.25) is 0 Å². The SMILES string of the molecule is [2H][Sn]([CH]=C)[CH]=C. The molecule has 0 amide bonds. The zero-order valence-electron chi connectivity index (χ0n) is 4.07. The van der Waals surface area contributed by atoms with Crippen molar-refractivity contribution in [2.45, 2.75) is 0 Å². The van der Waals surface area contributed by atoms with Crippen molar-refractivity contribution in [3.63, 3.8) is 0 Å². The molecule has 0 atom stereocenters. The first-order valence-electron chi connectivity index (χ1n) is 1.89. The maximum absolute atomic E-state index is 7.03. The van der Waals surface area contributed by atoms with Gasteiger partial charge in [0, 0.05) is 0 Å². The molecule has 0 aromatic carbocycles. The molecule has 0 rings (SSSR count). The van der Waals surface area contributed by atoms with Gasteiger partial charge < -0.3 is 0 Å². The van der Waals surface area contributed by atoms with Crippen LogP contribution in [0, 0.1) is 0 Å². The third kappa shape index (κ3) is 4.28. The van der Waals surface area contributed by atoms with E-state index in [9.17, 15) is 0 Å². The van der Waals surface area contributed by atoms with Crippen LogP contribution in [0.25, 0.3) is 0 Å². The van der Waals surface area contributed by atoms with Gasteiger partial charge in [-0.15, -0.1) is 0 Å². The van der Waals surface area contributed by atoms with Crippen molar-refractivity contribution in [2.24, 2.45) is 0 Å². The van der Waals surface area contributed by atoms with E-state index >= 15 is 0 Å². The Morgan fingerprint density at radius 2 is 2.00 bits per heavy atom. The Hall–Kier alpha value is 0.279. The van der Waals surface area contributed by atoms with Gasteiger partial charge in [0.15, 0.2) is 0 Å². The predicted octanol–water partition coefficient (Wildman–Crippen LogP) is 0.710. The van der Waals surface area contributed by atoms with E-state index in [1.165, 1.54) is 0 Å². The number of hydrogen-bond donors (Lipinski definition) is 0. The van der Waals surface area contributed by atoms with Crippen LogP contribution in [0.2, 0.25) is 0 Å². The van der Waals surface area contributed by atoms with Crippen LogP contribution in [0.4, 0.5) is 0 Å². The molecule has 0 unspecified atom stereocenters. The zero-order chi connectivity index (χ0) is 4.99. The molecule has 1 heteroatoms. The molecule has 0 saturated heterocycles. The van der Waals surface area contributed by atoms with Gasteiger partial charge in [-0.2, -0.15) is 0 Å². The fourth-order valence-electron chi connectivity index (χ4n) is 0.0833. The molecule has 0 N–H and O–H groups in total. The molecule has 0 heterocycles. The van der Waals surface area contributed by atoms with Crippen LogP contribution in [-0.2, 0) is 0 Å². The molecule has 0 bridgehead atoms. The second kappa shape index (κ2) is 4.28. The average molecular weight is 175 g/mol. The molecule has 0 aliphatic heterocycles. The van der Waals surface area contributed by atoms with Crippen LogP contribution in [-0.4, -0.2) is 21.5 Å². The third-order valence-electron chi connectivity index (χ3n) is 0.236. The van der Waals surface area contributed by atoms with Gasteiger partial charge in [-0.25, -0.2) is 0 Å². The Morgan fingerprint density at radius 1 is 1.60 bits per heavy atom. The fourth-order valence-corrected chi connectivity index (χ4v) is 0.559. The second-order valence-corrected chi connectivity index (χ2v) is 3.86. The summed E-state index contributed by atoms with van der Waals surface area (Å²) in [6.45, 7) is 6.92. The van der Waals surface area contributed by atoms with E-state index in [0.717, 1.165) is 0 Å². The number of rotatable bonds is 2. The quantitative estimate of drug-likeness (QED) is 0.542. The van der Waals surface area contributed by atoms with Crippen molar-refractivity contribution in [2.75, 3.05) is 0 Å². The summed E-state index contributed by atoms with van der Waals surface area (Å²) in [5.74, 6) is 0. The standard InChI is InChI=1S/2C2H3.Sn.H/c2*1-2;;/h2*1H,2H2;;/i;;;1+1. The van der Waals surface area contributed by atoms with Crippen molar-refractivity contribution in [3.05, 3.63) is 21.3 Å². The van der Waals surface area contributed by atoms with Gasteiger partial charge in [0.2, 0.25) is 0 Å². The van der Waals surface area contributed by atoms with Crippen molar-refractivity contribution in [3.8, 4) is 0 Å². The zero-order valence-corrected chi connectivity index (χ0v) is 5.92. The van der Waals surface area contributed by atoms with Crippen LogP contribution in [0.15, 0.2) is 21.3 Å². The van der Waals surface area contributed by atoms with E-state index in [1.54, 1.807) is 8.18 Å². The molecule has 0 aromatic rings. The molecule has 5 heavy (non-hydrogen) atoms.